The number of aromatic nitrogens is 4. The zero-order valence-corrected chi connectivity index (χ0v) is 27.1. The maximum atomic E-state index is 7.61. The van der Waals surface area contributed by atoms with E-state index in [0.717, 1.165) is 76.2 Å². The van der Waals surface area contributed by atoms with Gasteiger partial charge in [-0.15, -0.1) is 0 Å². The second-order valence-corrected chi connectivity index (χ2v) is 12.7. The summed E-state index contributed by atoms with van der Waals surface area (Å²) in [6.45, 7) is 11.9. The molecule has 4 aliphatic rings. The molecule has 4 aliphatic heterocycles. The molecule has 12 heteroatoms. The molecule has 44 heavy (non-hydrogen) atoms. The molecule has 4 aromatic heterocycles. The molecule has 0 spiro atoms. The highest BCUT2D eigenvalue weighted by molar-refractivity contribution is 9.10. The van der Waals surface area contributed by atoms with E-state index in [1.165, 1.54) is 36.6 Å². The molecule has 2 saturated heterocycles. The van der Waals surface area contributed by atoms with E-state index >= 15 is 0 Å². The van der Waals surface area contributed by atoms with Crippen LogP contribution in [0.15, 0.2) is 53.3 Å². The van der Waals surface area contributed by atoms with Crippen LogP contribution in [0.4, 0.5) is 23.0 Å². The number of halogens is 1. The van der Waals surface area contributed by atoms with Crippen molar-refractivity contribution in [1.29, 1.82) is 0 Å². The van der Waals surface area contributed by atoms with Crippen LogP contribution in [0.25, 0.3) is 22.5 Å². The number of fused-ring (bicyclic) bond motifs is 8. The molecule has 2 fully saturated rings. The summed E-state index contributed by atoms with van der Waals surface area (Å²) in [5, 5.41) is 22.3. The first kappa shape index (κ1) is 30.3. The molecule has 4 bridgehead atoms. The normalized spacial score (nSPS) is 18.5. The molecule has 0 saturated carbocycles. The Hall–Kier alpha value is -3.74. The fraction of sp³-hybridized carbons (Fsp3) is 0.375. The average Bonchev–Trinajstić information content (AvgIpc) is 3.57. The first-order chi connectivity index (χ1) is 21.1. The Morgan fingerprint density at radius 2 is 1.25 bits per heavy atom. The van der Waals surface area contributed by atoms with E-state index in [1.807, 2.05) is 38.4 Å². The van der Waals surface area contributed by atoms with Crippen LogP contribution in [0.3, 0.4) is 0 Å². The van der Waals surface area contributed by atoms with E-state index in [1.54, 1.807) is 0 Å². The Bertz CT molecular complexity index is 1550. The molecule has 8 heterocycles. The van der Waals surface area contributed by atoms with E-state index in [2.05, 4.69) is 77.5 Å². The molecule has 4 aromatic rings. The van der Waals surface area contributed by atoms with Gasteiger partial charge in [-0.3, -0.25) is 9.97 Å². The summed E-state index contributed by atoms with van der Waals surface area (Å²) in [6.07, 6.45) is 6.08. The van der Waals surface area contributed by atoms with Crippen molar-refractivity contribution in [3.63, 3.8) is 0 Å². The van der Waals surface area contributed by atoms with Crippen LogP contribution in [-0.4, -0.2) is 75.4 Å². The molecular formula is C32H38BBrN8O2. The fourth-order valence-electron chi connectivity index (χ4n) is 6.23. The van der Waals surface area contributed by atoms with Gasteiger partial charge in [0.05, 0.1) is 22.8 Å². The minimum Gasteiger partial charge on any atom is -0.427 e. The summed E-state index contributed by atoms with van der Waals surface area (Å²) in [4.78, 5) is 23.1. The second-order valence-electron chi connectivity index (χ2n) is 11.9. The topological polar surface area (TPSA) is 123 Å². The van der Waals surface area contributed by atoms with Gasteiger partial charge in [-0.2, -0.15) is 0 Å². The van der Waals surface area contributed by atoms with Crippen molar-refractivity contribution in [1.82, 2.24) is 19.9 Å². The molecule has 0 radical (unpaired) electrons. The standard InChI is InChI=1S/C16H18N4.C15H15BrN4.CH5BO2/c1-10-7-14-16(18-13-4-6-20(14)9-13)19-15(10)12-3-5-17-11(2)8-12;1-9-6-10(2-4-17-9)14-12(16)7-13-15(19-14)18-11-3-5-20(13)8-11;1-2(3)4/h3,5,7-8,13H,4,6,9H2,1-2H3,(H,18,19);2,4,6-7,11H,3,5,8H2,1H3,(H,18,19);3-4H,1H3/t13-;11-;/m00./s1. The lowest BCUT2D eigenvalue weighted by Crippen LogP contribution is -2.32. The summed E-state index contributed by atoms with van der Waals surface area (Å²) in [6, 6.07) is 13.8. The van der Waals surface area contributed by atoms with Gasteiger partial charge in [0.25, 0.3) is 0 Å². The number of hydrogen-bond donors (Lipinski definition) is 4. The molecule has 0 aromatic carbocycles. The highest BCUT2D eigenvalue weighted by Gasteiger charge is 2.32. The molecule has 4 N–H and O–H groups in total. The van der Waals surface area contributed by atoms with E-state index in [9.17, 15) is 0 Å². The van der Waals surface area contributed by atoms with Gasteiger partial charge in [0.2, 0.25) is 0 Å². The lowest BCUT2D eigenvalue weighted by Gasteiger charge is -2.28. The first-order valence-electron chi connectivity index (χ1n) is 15.1. The van der Waals surface area contributed by atoms with Crippen molar-refractivity contribution in [3.8, 4) is 22.5 Å². The Morgan fingerprint density at radius 1 is 0.773 bits per heavy atom. The van der Waals surface area contributed by atoms with Crippen LogP contribution < -0.4 is 20.4 Å². The molecule has 2 atom stereocenters. The minimum atomic E-state index is -1.17. The van der Waals surface area contributed by atoms with Crippen molar-refractivity contribution in [3.05, 3.63) is 70.2 Å². The van der Waals surface area contributed by atoms with Crippen LogP contribution in [0.5, 0.6) is 0 Å². The van der Waals surface area contributed by atoms with Gasteiger partial charge in [0, 0.05) is 77.6 Å². The molecule has 8 rings (SSSR count). The van der Waals surface area contributed by atoms with Gasteiger partial charge in [0.15, 0.2) is 11.6 Å². The van der Waals surface area contributed by atoms with Crippen molar-refractivity contribution in [2.24, 2.45) is 0 Å². The molecule has 0 amide bonds. The smallest absolute Gasteiger partial charge is 0.427 e. The third-order valence-corrected chi connectivity index (χ3v) is 8.83. The number of nitrogens with zero attached hydrogens (tertiary/aromatic N) is 6. The Labute approximate surface area is 267 Å². The molecular weight excluding hydrogens is 619 g/mol. The van der Waals surface area contributed by atoms with Crippen LogP contribution >= 0.6 is 15.9 Å². The minimum absolute atomic E-state index is 0.545. The summed E-state index contributed by atoms with van der Waals surface area (Å²) in [5.74, 6) is 2.04. The molecule has 0 unspecified atom stereocenters. The predicted octanol–water partition coefficient (Wildman–Crippen LogP) is 5.07. The Kier molecular flexibility index (Phi) is 8.75. The van der Waals surface area contributed by atoms with Gasteiger partial charge >= 0.3 is 7.12 Å². The zero-order chi connectivity index (χ0) is 31.0. The third-order valence-electron chi connectivity index (χ3n) is 8.23. The number of pyridine rings is 4. The van der Waals surface area contributed by atoms with Gasteiger partial charge < -0.3 is 30.5 Å². The Balaban J connectivity index is 0.000000139. The van der Waals surface area contributed by atoms with E-state index in [-0.39, 0.29) is 0 Å². The summed E-state index contributed by atoms with van der Waals surface area (Å²) >= 11 is 3.67. The molecule has 10 nitrogen and oxygen atoms in total. The van der Waals surface area contributed by atoms with Crippen LogP contribution in [0.1, 0.15) is 29.8 Å². The first-order valence-corrected chi connectivity index (χ1v) is 15.9. The number of rotatable bonds is 2. The maximum absolute atomic E-state index is 7.61. The van der Waals surface area contributed by atoms with Crippen LogP contribution in [0.2, 0.25) is 6.82 Å². The average molecular weight is 657 g/mol. The van der Waals surface area contributed by atoms with Gasteiger partial charge in [0.1, 0.15) is 0 Å². The molecule has 228 valence electrons. The number of aryl methyl sites for hydroxylation is 3. The summed E-state index contributed by atoms with van der Waals surface area (Å²) in [7, 11) is -1.17. The van der Waals surface area contributed by atoms with Crippen molar-refractivity contribution in [2.45, 2.75) is 52.5 Å². The van der Waals surface area contributed by atoms with Crippen molar-refractivity contribution < 1.29 is 10.0 Å². The van der Waals surface area contributed by atoms with Gasteiger partial charge in [-0.25, -0.2) is 9.97 Å². The fourth-order valence-corrected chi connectivity index (χ4v) is 6.77. The van der Waals surface area contributed by atoms with E-state index in [4.69, 9.17) is 20.0 Å². The lowest BCUT2D eigenvalue weighted by molar-refractivity contribution is 0.417. The quantitative estimate of drug-likeness (QED) is 0.218. The number of anilines is 4. The molecule has 0 aliphatic carbocycles. The number of hydrogen-bond acceptors (Lipinski definition) is 10. The van der Waals surface area contributed by atoms with Crippen LogP contribution in [-0.2, 0) is 0 Å². The predicted molar refractivity (Wildman–Crippen MR) is 181 cm³/mol. The summed E-state index contributed by atoms with van der Waals surface area (Å²) in [5.41, 5.74) is 10.00. The third kappa shape index (κ3) is 6.52. The van der Waals surface area contributed by atoms with Crippen LogP contribution in [0, 0.1) is 20.8 Å². The SMILES string of the molecule is CB(O)O.Cc1cc(-c2nc3c(cc2Br)N2CC[C@@H](C2)N3)ccn1.Cc1cc(-c2nc3c(cc2C)N2CC[C@@H](C2)N3)ccn1. The highest BCUT2D eigenvalue weighted by atomic mass is 79.9. The lowest BCUT2D eigenvalue weighted by atomic mass is 9.99. The zero-order valence-electron chi connectivity index (χ0n) is 25.5. The Morgan fingerprint density at radius 3 is 1.77 bits per heavy atom. The van der Waals surface area contributed by atoms with E-state index in [0.29, 0.717) is 12.1 Å². The largest absolute Gasteiger partial charge is 0.448 e. The summed E-state index contributed by atoms with van der Waals surface area (Å²) < 4.78 is 1.04. The highest BCUT2D eigenvalue weighted by Crippen LogP contribution is 2.40. The second kappa shape index (κ2) is 12.7. The van der Waals surface area contributed by atoms with Gasteiger partial charge in [-0.05, 0) is 98.3 Å². The maximum Gasteiger partial charge on any atom is 0.448 e. The van der Waals surface area contributed by atoms with E-state index < -0.39 is 7.12 Å². The van der Waals surface area contributed by atoms with Gasteiger partial charge in [-0.1, -0.05) is 0 Å². The van der Waals surface area contributed by atoms with Crippen molar-refractivity contribution in [2.75, 3.05) is 46.6 Å². The van der Waals surface area contributed by atoms with Crippen molar-refractivity contribution >= 4 is 46.1 Å². The number of nitrogens with one attached hydrogen (secondary N) is 2. The monoisotopic (exact) mass is 656 g/mol.